The van der Waals surface area contributed by atoms with Gasteiger partial charge in [0.15, 0.2) is 0 Å². The van der Waals surface area contributed by atoms with Crippen LogP contribution in [0.2, 0.25) is 0 Å². The summed E-state index contributed by atoms with van der Waals surface area (Å²) in [5.41, 5.74) is 1.63. The monoisotopic (exact) mass is 291 g/mol. The lowest BCUT2D eigenvalue weighted by Crippen LogP contribution is -3.00. The van der Waals surface area contributed by atoms with Crippen molar-refractivity contribution in [3.8, 4) is 11.4 Å². The molecule has 2 rings (SSSR count). The van der Waals surface area contributed by atoms with Gasteiger partial charge in [-0.05, 0) is 12.0 Å². The van der Waals surface area contributed by atoms with Gasteiger partial charge in [0.1, 0.15) is 0 Å². The predicted molar refractivity (Wildman–Crippen MR) is 58.7 cm³/mol. The van der Waals surface area contributed by atoms with Crippen LogP contribution in [0.4, 0.5) is 13.2 Å². The maximum absolute atomic E-state index is 12.3. The fraction of sp³-hybridized carbons (Fsp3) is 0.333. The van der Waals surface area contributed by atoms with Crippen molar-refractivity contribution in [1.29, 1.82) is 0 Å². The SMILES string of the molecule is CCCc1ccc(-c2noc(C(F)(F)F)n2)cc1.[Cl-]. The largest absolute Gasteiger partial charge is 1.00 e. The highest BCUT2D eigenvalue weighted by Crippen LogP contribution is 2.29. The Morgan fingerprint density at radius 1 is 1.16 bits per heavy atom. The molecule has 7 heteroatoms. The number of alkyl halides is 3. The minimum absolute atomic E-state index is 0. The van der Waals surface area contributed by atoms with Crippen LogP contribution >= 0.6 is 0 Å². The summed E-state index contributed by atoms with van der Waals surface area (Å²) < 4.78 is 41.0. The van der Waals surface area contributed by atoms with Gasteiger partial charge in [-0.25, -0.2) is 0 Å². The van der Waals surface area contributed by atoms with Crippen LogP contribution in [0.15, 0.2) is 28.8 Å². The third-order valence-corrected chi connectivity index (χ3v) is 2.42. The van der Waals surface area contributed by atoms with Crippen LogP contribution in [-0.2, 0) is 12.6 Å². The van der Waals surface area contributed by atoms with E-state index in [9.17, 15) is 13.2 Å². The Kier molecular flexibility index (Phi) is 4.94. The summed E-state index contributed by atoms with van der Waals surface area (Å²) in [6.07, 6.45) is -2.66. The van der Waals surface area contributed by atoms with Crippen molar-refractivity contribution in [2.45, 2.75) is 25.9 Å². The van der Waals surface area contributed by atoms with E-state index in [1.165, 1.54) is 0 Å². The fourth-order valence-electron chi connectivity index (χ4n) is 1.57. The lowest BCUT2D eigenvalue weighted by Gasteiger charge is -1.99. The normalized spacial score (nSPS) is 11.2. The molecule has 0 bridgehead atoms. The lowest BCUT2D eigenvalue weighted by molar-refractivity contribution is -0.159. The second-order valence-electron chi connectivity index (χ2n) is 3.87. The summed E-state index contributed by atoms with van der Waals surface area (Å²) in [5.74, 6) is -1.37. The first-order valence-corrected chi connectivity index (χ1v) is 5.51. The van der Waals surface area contributed by atoms with E-state index in [2.05, 4.69) is 21.6 Å². The van der Waals surface area contributed by atoms with Crippen LogP contribution in [0.1, 0.15) is 24.8 Å². The molecule has 2 aromatic rings. The molecular weight excluding hydrogens is 281 g/mol. The van der Waals surface area contributed by atoms with Crippen molar-refractivity contribution < 1.29 is 30.1 Å². The minimum atomic E-state index is -4.60. The fourth-order valence-corrected chi connectivity index (χ4v) is 1.57. The van der Waals surface area contributed by atoms with E-state index in [1.54, 1.807) is 12.1 Å². The van der Waals surface area contributed by atoms with Crippen molar-refractivity contribution in [1.82, 2.24) is 10.1 Å². The van der Waals surface area contributed by atoms with Gasteiger partial charge in [0, 0.05) is 5.56 Å². The van der Waals surface area contributed by atoms with Crippen LogP contribution in [0, 0.1) is 0 Å². The van der Waals surface area contributed by atoms with Crippen LogP contribution in [-0.4, -0.2) is 10.1 Å². The van der Waals surface area contributed by atoms with Crippen molar-refractivity contribution >= 4 is 0 Å². The van der Waals surface area contributed by atoms with E-state index >= 15 is 0 Å². The quantitative estimate of drug-likeness (QED) is 0.836. The number of nitrogens with zero attached hydrogens (tertiary/aromatic N) is 2. The molecule has 0 unspecified atom stereocenters. The van der Waals surface area contributed by atoms with Crippen molar-refractivity contribution in [3.63, 3.8) is 0 Å². The second-order valence-corrected chi connectivity index (χ2v) is 3.87. The van der Waals surface area contributed by atoms with Gasteiger partial charge in [-0.3, -0.25) is 0 Å². The molecule has 0 saturated heterocycles. The molecule has 0 N–H and O–H groups in total. The Balaban J connectivity index is 0.00000180. The van der Waals surface area contributed by atoms with Gasteiger partial charge >= 0.3 is 12.1 Å². The van der Waals surface area contributed by atoms with Crippen LogP contribution < -0.4 is 12.4 Å². The van der Waals surface area contributed by atoms with Crippen LogP contribution in [0.3, 0.4) is 0 Å². The molecule has 0 aliphatic rings. The van der Waals surface area contributed by atoms with Gasteiger partial charge in [-0.15, -0.1) is 0 Å². The van der Waals surface area contributed by atoms with E-state index < -0.39 is 12.1 Å². The Morgan fingerprint density at radius 3 is 2.26 bits per heavy atom. The van der Waals surface area contributed by atoms with Gasteiger partial charge < -0.3 is 16.9 Å². The maximum atomic E-state index is 12.3. The minimum Gasteiger partial charge on any atom is -1.00 e. The number of hydrogen-bond donors (Lipinski definition) is 0. The number of aryl methyl sites for hydroxylation is 1. The summed E-state index contributed by atoms with van der Waals surface area (Å²) in [5, 5.41) is 3.32. The predicted octanol–water partition coefficient (Wildman–Crippen LogP) is 0.712. The van der Waals surface area contributed by atoms with E-state index in [1.807, 2.05) is 12.1 Å². The Labute approximate surface area is 114 Å². The molecular formula is C12H11ClF3N2O-. The summed E-state index contributed by atoms with van der Waals surface area (Å²) in [6, 6.07) is 7.08. The molecule has 0 spiro atoms. The van der Waals surface area contributed by atoms with Gasteiger partial charge in [0.2, 0.25) is 5.82 Å². The van der Waals surface area contributed by atoms with Crippen molar-refractivity contribution in [2.75, 3.05) is 0 Å². The third-order valence-electron chi connectivity index (χ3n) is 2.42. The highest BCUT2D eigenvalue weighted by molar-refractivity contribution is 5.54. The maximum Gasteiger partial charge on any atom is 0.471 e. The molecule has 3 nitrogen and oxygen atoms in total. The van der Waals surface area contributed by atoms with Gasteiger partial charge in [0.25, 0.3) is 0 Å². The zero-order valence-electron chi connectivity index (χ0n) is 10.0. The molecule has 0 amide bonds. The van der Waals surface area contributed by atoms with Gasteiger partial charge in [-0.2, -0.15) is 18.2 Å². The van der Waals surface area contributed by atoms with Crippen molar-refractivity contribution in [2.24, 2.45) is 0 Å². The molecule has 19 heavy (non-hydrogen) atoms. The highest BCUT2D eigenvalue weighted by atomic mass is 35.5. The zero-order valence-corrected chi connectivity index (χ0v) is 10.8. The Hall–Kier alpha value is -1.56. The molecule has 1 aromatic carbocycles. The molecule has 0 fully saturated rings. The molecule has 0 aliphatic carbocycles. The van der Waals surface area contributed by atoms with Gasteiger partial charge in [0.05, 0.1) is 0 Å². The molecule has 0 aliphatic heterocycles. The summed E-state index contributed by atoms with van der Waals surface area (Å²) in [7, 11) is 0. The molecule has 1 heterocycles. The third kappa shape index (κ3) is 3.70. The van der Waals surface area contributed by atoms with Crippen molar-refractivity contribution in [3.05, 3.63) is 35.7 Å². The average molecular weight is 292 g/mol. The van der Waals surface area contributed by atoms with Crippen LogP contribution in [0.25, 0.3) is 11.4 Å². The molecule has 104 valence electrons. The number of rotatable bonds is 3. The number of hydrogen-bond acceptors (Lipinski definition) is 3. The average Bonchev–Trinajstić information content (AvgIpc) is 2.79. The summed E-state index contributed by atoms with van der Waals surface area (Å²) >= 11 is 0. The van der Waals surface area contributed by atoms with E-state index in [0.717, 1.165) is 18.4 Å². The molecule has 0 radical (unpaired) electrons. The molecule has 1 aromatic heterocycles. The second kappa shape index (κ2) is 6.06. The first-order valence-electron chi connectivity index (χ1n) is 5.51. The number of aromatic nitrogens is 2. The molecule has 0 atom stereocenters. The number of benzene rings is 1. The van der Waals surface area contributed by atoms with E-state index in [0.29, 0.717) is 5.56 Å². The summed E-state index contributed by atoms with van der Waals surface area (Å²) in [6.45, 7) is 2.06. The van der Waals surface area contributed by atoms with Crippen LogP contribution in [0.5, 0.6) is 0 Å². The summed E-state index contributed by atoms with van der Waals surface area (Å²) in [4.78, 5) is 3.32. The first-order chi connectivity index (χ1) is 8.50. The Morgan fingerprint density at radius 2 is 1.79 bits per heavy atom. The lowest BCUT2D eigenvalue weighted by atomic mass is 10.1. The Bertz CT molecular complexity index is 523. The van der Waals surface area contributed by atoms with E-state index in [-0.39, 0.29) is 18.2 Å². The number of halogens is 4. The molecule has 0 saturated carbocycles. The topological polar surface area (TPSA) is 38.9 Å². The van der Waals surface area contributed by atoms with E-state index in [4.69, 9.17) is 0 Å². The first kappa shape index (κ1) is 15.5. The standard InChI is InChI=1S/C12H11F3N2O.ClH/c1-2-3-8-4-6-9(7-5-8)10-16-11(18-17-10)12(13,14)15;/h4-7H,2-3H2,1H3;1H/p-1. The zero-order chi connectivity index (χ0) is 13.2. The highest BCUT2D eigenvalue weighted by Gasteiger charge is 2.38. The smallest absolute Gasteiger partial charge is 0.471 e. The van der Waals surface area contributed by atoms with Gasteiger partial charge in [-0.1, -0.05) is 42.8 Å².